The number of aromatic nitrogens is 5. The lowest BCUT2D eigenvalue weighted by atomic mass is 10.3. The summed E-state index contributed by atoms with van der Waals surface area (Å²) in [5.41, 5.74) is 1.67. The van der Waals surface area contributed by atoms with Crippen LogP contribution in [0.5, 0.6) is 0 Å². The van der Waals surface area contributed by atoms with Gasteiger partial charge in [-0.25, -0.2) is 9.97 Å². The van der Waals surface area contributed by atoms with Crippen molar-refractivity contribution in [3.63, 3.8) is 0 Å². The molecule has 3 aromatic rings. The van der Waals surface area contributed by atoms with Gasteiger partial charge in [-0.1, -0.05) is 5.16 Å². The molecule has 0 aliphatic carbocycles. The molecular weight excluding hydrogens is 266 g/mol. The van der Waals surface area contributed by atoms with Gasteiger partial charge in [0.05, 0.1) is 5.38 Å². The quantitative estimate of drug-likeness (QED) is 0.685. The Kier molecular flexibility index (Phi) is 3.16. The summed E-state index contributed by atoms with van der Waals surface area (Å²) in [6.07, 6.45) is 3.72. The molecule has 0 radical (unpaired) electrons. The van der Waals surface area contributed by atoms with E-state index < -0.39 is 0 Å². The molecule has 3 rings (SSSR count). The van der Waals surface area contributed by atoms with E-state index >= 15 is 0 Å². The molecule has 1 unspecified atom stereocenters. The Balaban J connectivity index is 1.97. The highest BCUT2D eigenvalue weighted by Crippen LogP contribution is 2.23. The maximum absolute atomic E-state index is 6.18. The first-order valence-electron chi connectivity index (χ1n) is 5.96. The summed E-state index contributed by atoms with van der Waals surface area (Å²) in [5.74, 6) is 1.46. The van der Waals surface area contributed by atoms with Crippen LogP contribution in [0.15, 0.2) is 29.2 Å². The van der Waals surface area contributed by atoms with Gasteiger partial charge < -0.3 is 9.09 Å². The number of pyridine rings is 1. The van der Waals surface area contributed by atoms with E-state index in [0.29, 0.717) is 18.8 Å². The van der Waals surface area contributed by atoms with E-state index in [1.165, 1.54) is 6.39 Å². The topological polar surface area (TPSA) is 69.6 Å². The van der Waals surface area contributed by atoms with E-state index in [2.05, 4.69) is 20.1 Å². The van der Waals surface area contributed by atoms with E-state index in [1.54, 1.807) is 6.20 Å². The number of hydrogen-bond donors (Lipinski definition) is 0. The van der Waals surface area contributed by atoms with E-state index in [-0.39, 0.29) is 5.38 Å². The van der Waals surface area contributed by atoms with Crippen molar-refractivity contribution in [2.75, 3.05) is 0 Å². The number of hydrogen-bond acceptors (Lipinski definition) is 5. The molecule has 0 amide bonds. The first kappa shape index (κ1) is 12.1. The second kappa shape index (κ2) is 4.97. The molecule has 7 heteroatoms. The molecule has 3 aromatic heterocycles. The molecule has 0 aliphatic rings. The molecule has 1 atom stereocenters. The van der Waals surface area contributed by atoms with Gasteiger partial charge in [0.2, 0.25) is 6.39 Å². The van der Waals surface area contributed by atoms with Crippen LogP contribution in [0.4, 0.5) is 0 Å². The standard InChI is InChI=1S/C12H12ClN5O/c1-8(13)11-16-9-3-2-5-14-12(9)18(11)6-4-10-15-7-19-17-10/h2-3,5,7-8H,4,6H2,1H3. The monoisotopic (exact) mass is 277 g/mol. The minimum atomic E-state index is -0.181. The van der Waals surface area contributed by atoms with Crippen LogP contribution < -0.4 is 0 Å². The molecule has 98 valence electrons. The Hall–Kier alpha value is -1.95. The molecule has 0 bridgehead atoms. The Morgan fingerprint density at radius 1 is 1.42 bits per heavy atom. The lowest BCUT2D eigenvalue weighted by Crippen LogP contribution is -2.08. The average Bonchev–Trinajstić information content (AvgIpc) is 3.03. The first-order valence-corrected chi connectivity index (χ1v) is 6.40. The van der Waals surface area contributed by atoms with Crippen LogP contribution in [0.1, 0.15) is 23.9 Å². The molecule has 0 saturated heterocycles. The van der Waals surface area contributed by atoms with E-state index in [0.717, 1.165) is 17.0 Å². The van der Waals surface area contributed by atoms with Crippen molar-refractivity contribution in [3.8, 4) is 0 Å². The highest BCUT2D eigenvalue weighted by Gasteiger charge is 2.15. The second-order valence-electron chi connectivity index (χ2n) is 4.18. The van der Waals surface area contributed by atoms with Gasteiger partial charge in [0.1, 0.15) is 11.3 Å². The third-order valence-corrected chi connectivity index (χ3v) is 3.05. The molecule has 0 spiro atoms. The molecule has 0 aliphatic heterocycles. The molecule has 0 N–H and O–H groups in total. The van der Waals surface area contributed by atoms with Gasteiger partial charge in [0.15, 0.2) is 11.5 Å². The van der Waals surface area contributed by atoms with Crippen LogP contribution in [-0.4, -0.2) is 24.7 Å². The maximum atomic E-state index is 6.18. The van der Waals surface area contributed by atoms with Crippen LogP contribution in [0.3, 0.4) is 0 Å². The van der Waals surface area contributed by atoms with Crippen LogP contribution in [0, 0.1) is 0 Å². The predicted molar refractivity (Wildman–Crippen MR) is 69.8 cm³/mol. The van der Waals surface area contributed by atoms with Gasteiger partial charge in [-0.3, -0.25) is 0 Å². The zero-order chi connectivity index (χ0) is 13.2. The Bertz CT molecular complexity index is 677. The highest BCUT2D eigenvalue weighted by atomic mass is 35.5. The fourth-order valence-electron chi connectivity index (χ4n) is 2.01. The van der Waals surface area contributed by atoms with Gasteiger partial charge >= 0.3 is 0 Å². The fraction of sp³-hybridized carbons (Fsp3) is 0.333. The van der Waals surface area contributed by atoms with Gasteiger partial charge in [-0.05, 0) is 19.1 Å². The van der Waals surface area contributed by atoms with Crippen molar-refractivity contribution in [1.29, 1.82) is 0 Å². The fourth-order valence-corrected chi connectivity index (χ4v) is 2.18. The third-order valence-electron chi connectivity index (χ3n) is 2.86. The highest BCUT2D eigenvalue weighted by molar-refractivity contribution is 6.20. The van der Waals surface area contributed by atoms with Crippen LogP contribution in [0.25, 0.3) is 11.2 Å². The summed E-state index contributed by atoms with van der Waals surface area (Å²) in [4.78, 5) is 12.9. The van der Waals surface area contributed by atoms with Gasteiger partial charge in [0.25, 0.3) is 0 Å². The summed E-state index contributed by atoms with van der Waals surface area (Å²) >= 11 is 6.18. The van der Waals surface area contributed by atoms with Crippen LogP contribution in [0.2, 0.25) is 0 Å². The van der Waals surface area contributed by atoms with E-state index in [9.17, 15) is 0 Å². The molecule has 19 heavy (non-hydrogen) atoms. The SMILES string of the molecule is CC(Cl)c1nc2cccnc2n1CCc1ncon1. The van der Waals surface area contributed by atoms with Gasteiger partial charge in [-0.2, -0.15) is 4.98 Å². The molecular formula is C12H12ClN5O. The molecule has 0 saturated carbocycles. The predicted octanol–water partition coefficient (Wildman–Crippen LogP) is 2.36. The van der Waals surface area contributed by atoms with Crippen molar-refractivity contribution in [2.24, 2.45) is 0 Å². The minimum Gasteiger partial charge on any atom is -0.343 e. The normalized spacial score (nSPS) is 12.9. The van der Waals surface area contributed by atoms with E-state index in [1.807, 2.05) is 23.6 Å². The smallest absolute Gasteiger partial charge is 0.213 e. The number of halogens is 1. The second-order valence-corrected chi connectivity index (χ2v) is 4.84. The number of imidazole rings is 1. The van der Waals surface area contributed by atoms with Crippen LogP contribution in [-0.2, 0) is 13.0 Å². The maximum Gasteiger partial charge on any atom is 0.213 e. The molecule has 6 nitrogen and oxygen atoms in total. The zero-order valence-electron chi connectivity index (χ0n) is 10.3. The zero-order valence-corrected chi connectivity index (χ0v) is 11.1. The van der Waals surface area contributed by atoms with Gasteiger partial charge in [-0.15, -0.1) is 11.6 Å². The summed E-state index contributed by atoms with van der Waals surface area (Å²) in [6.45, 7) is 2.56. The summed E-state index contributed by atoms with van der Waals surface area (Å²) in [7, 11) is 0. The molecule has 0 aromatic carbocycles. The summed E-state index contributed by atoms with van der Waals surface area (Å²) in [5, 5.41) is 3.62. The Labute approximate surface area is 114 Å². The number of fused-ring (bicyclic) bond motifs is 1. The third kappa shape index (κ3) is 2.31. The lowest BCUT2D eigenvalue weighted by molar-refractivity contribution is 0.408. The average molecular weight is 278 g/mol. The molecule has 3 heterocycles. The number of alkyl halides is 1. The van der Waals surface area contributed by atoms with Crippen molar-refractivity contribution in [3.05, 3.63) is 36.4 Å². The van der Waals surface area contributed by atoms with Crippen molar-refractivity contribution < 1.29 is 4.52 Å². The lowest BCUT2D eigenvalue weighted by Gasteiger charge is -2.08. The number of nitrogens with zero attached hydrogens (tertiary/aromatic N) is 5. The van der Waals surface area contributed by atoms with Crippen LogP contribution >= 0.6 is 11.6 Å². The number of aryl methyl sites for hydroxylation is 2. The summed E-state index contributed by atoms with van der Waals surface area (Å²) < 4.78 is 6.73. The largest absolute Gasteiger partial charge is 0.343 e. The van der Waals surface area contributed by atoms with Crippen molar-refractivity contribution in [2.45, 2.75) is 25.3 Å². The summed E-state index contributed by atoms with van der Waals surface area (Å²) in [6, 6.07) is 3.79. The van der Waals surface area contributed by atoms with E-state index in [4.69, 9.17) is 16.1 Å². The minimum absolute atomic E-state index is 0.181. The van der Waals surface area contributed by atoms with Crippen molar-refractivity contribution in [1.82, 2.24) is 24.7 Å². The van der Waals surface area contributed by atoms with Gasteiger partial charge in [0, 0.05) is 19.2 Å². The molecule has 0 fully saturated rings. The first-order chi connectivity index (χ1) is 9.25. The number of rotatable bonds is 4. The Morgan fingerprint density at radius 3 is 3.05 bits per heavy atom. The van der Waals surface area contributed by atoms with Crippen molar-refractivity contribution >= 4 is 22.8 Å². The Morgan fingerprint density at radius 2 is 2.32 bits per heavy atom.